The van der Waals surface area contributed by atoms with Gasteiger partial charge in [-0.25, -0.2) is 0 Å². The van der Waals surface area contributed by atoms with Crippen LogP contribution in [0.15, 0.2) is 18.2 Å². The van der Waals surface area contributed by atoms with Gasteiger partial charge in [0.2, 0.25) is 0 Å². The fraction of sp³-hybridized carbons (Fsp3) is 0.647. The van der Waals surface area contributed by atoms with Crippen molar-refractivity contribution in [2.75, 3.05) is 7.11 Å². The monoisotopic (exact) mass is 292 g/mol. The Hall–Kier alpha value is -0.995. The van der Waals surface area contributed by atoms with E-state index in [2.05, 4.69) is 26.8 Å². The van der Waals surface area contributed by atoms with Crippen molar-refractivity contribution in [3.63, 3.8) is 0 Å². The molecule has 0 aromatic heterocycles. The summed E-state index contributed by atoms with van der Waals surface area (Å²) in [5.41, 5.74) is 1.71. The number of rotatable bonds is 9. The average Bonchev–Trinajstić information content (AvgIpc) is 2.50. The first-order valence-electron chi connectivity index (χ1n) is 8.03. The zero-order valence-electron chi connectivity index (χ0n) is 13.9. The molecule has 0 aliphatic heterocycles. The third-order valence-electron chi connectivity index (χ3n) is 4.37. The molecule has 1 rings (SSSR count). The van der Waals surface area contributed by atoms with Crippen LogP contribution in [-0.4, -0.2) is 24.3 Å². The predicted octanol–water partition coefficient (Wildman–Crippen LogP) is 3.01. The number of ether oxygens (including phenoxy) is 1. The molecule has 1 aromatic carbocycles. The van der Waals surface area contributed by atoms with E-state index in [1.54, 1.807) is 7.11 Å². The second-order valence-corrected chi connectivity index (χ2v) is 6.10. The fourth-order valence-electron chi connectivity index (χ4n) is 2.86. The van der Waals surface area contributed by atoms with Crippen molar-refractivity contribution < 1.29 is 14.8 Å². The molecule has 0 aliphatic carbocycles. The molecule has 0 amide bonds. The van der Waals surface area contributed by atoms with Crippen molar-refractivity contribution in [3.05, 3.63) is 23.8 Å². The first-order valence-corrected chi connectivity index (χ1v) is 8.03. The Kier molecular flexibility index (Phi) is 7.26. The molecule has 1 aromatic rings. The van der Waals surface area contributed by atoms with Gasteiger partial charge in [0.05, 0.1) is 7.11 Å². The van der Waals surface area contributed by atoms with Crippen molar-refractivity contribution in [1.82, 2.24) is 0 Å². The Balaban J connectivity index is 3.14. The molecule has 0 heterocycles. The molecule has 0 atom stereocenters. The first-order chi connectivity index (χ1) is 9.98. The van der Waals surface area contributed by atoms with Gasteiger partial charge >= 0.3 is 7.12 Å². The van der Waals surface area contributed by atoms with Gasteiger partial charge in [-0.2, -0.15) is 0 Å². The van der Waals surface area contributed by atoms with Crippen LogP contribution in [0.25, 0.3) is 0 Å². The molecule has 0 aliphatic rings. The highest BCUT2D eigenvalue weighted by Gasteiger charge is 2.28. The Morgan fingerprint density at radius 2 is 1.67 bits per heavy atom. The molecule has 0 saturated carbocycles. The summed E-state index contributed by atoms with van der Waals surface area (Å²) in [5.74, 6) is 0.530. The van der Waals surface area contributed by atoms with Crippen molar-refractivity contribution in [2.24, 2.45) is 0 Å². The summed E-state index contributed by atoms with van der Waals surface area (Å²) in [6, 6.07) is 5.81. The van der Waals surface area contributed by atoms with Crippen LogP contribution in [0.5, 0.6) is 5.75 Å². The first kappa shape index (κ1) is 18.1. The van der Waals surface area contributed by atoms with E-state index in [1.807, 2.05) is 12.1 Å². The summed E-state index contributed by atoms with van der Waals surface area (Å²) in [7, 11) is 0.0512. The number of hydrogen-bond acceptors (Lipinski definition) is 3. The maximum Gasteiger partial charge on any atom is 0.492 e. The van der Waals surface area contributed by atoms with E-state index in [1.165, 1.54) is 31.2 Å². The zero-order valence-corrected chi connectivity index (χ0v) is 13.9. The normalized spacial score (nSPS) is 11.5. The molecule has 3 nitrogen and oxygen atoms in total. The van der Waals surface area contributed by atoms with Crippen LogP contribution in [0, 0.1) is 0 Å². The number of benzene rings is 1. The Bertz CT molecular complexity index is 424. The van der Waals surface area contributed by atoms with E-state index < -0.39 is 7.12 Å². The summed E-state index contributed by atoms with van der Waals surface area (Å²) in [6.45, 7) is 6.70. The Morgan fingerprint density at radius 1 is 1.10 bits per heavy atom. The molecule has 2 N–H and O–H groups in total. The predicted molar refractivity (Wildman–Crippen MR) is 89.2 cm³/mol. The number of hydrogen-bond donors (Lipinski definition) is 2. The maximum atomic E-state index is 9.55. The van der Waals surface area contributed by atoms with E-state index in [9.17, 15) is 10.0 Å². The van der Waals surface area contributed by atoms with Crippen LogP contribution in [0.3, 0.4) is 0 Å². The van der Waals surface area contributed by atoms with E-state index >= 15 is 0 Å². The lowest BCUT2D eigenvalue weighted by molar-refractivity contribution is 0.372. The zero-order chi connectivity index (χ0) is 15.9. The van der Waals surface area contributed by atoms with Gasteiger partial charge < -0.3 is 14.8 Å². The quantitative estimate of drug-likeness (QED) is 0.688. The Morgan fingerprint density at radius 3 is 2.10 bits per heavy atom. The average molecular weight is 292 g/mol. The molecule has 0 bridgehead atoms. The van der Waals surface area contributed by atoms with Crippen LogP contribution in [-0.2, 0) is 5.41 Å². The van der Waals surface area contributed by atoms with Crippen LogP contribution in [0.1, 0.15) is 64.9 Å². The van der Waals surface area contributed by atoms with Crippen LogP contribution < -0.4 is 10.2 Å². The van der Waals surface area contributed by atoms with Gasteiger partial charge in [-0.15, -0.1) is 0 Å². The molecule has 0 radical (unpaired) electrons. The van der Waals surface area contributed by atoms with Gasteiger partial charge in [-0.05, 0) is 29.9 Å². The standard InChI is InChI=1S/C17H29BO3/c1-5-7-11-17(3,12-8-6-2)14-9-10-16(21-4)15(13-14)18(19)20/h9-10,13,19-20H,5-8,11-12H2,1-4H3. The molecular formula is C17H29BO3. The van der Waals surface area contributed by atoms with Gasteiger partial charge in [0.1, 0.15) is 5.75 Å². The molecule has 0 unspecified atom stereocenters. The number of unbranched alkanes of at least 4 members (excludes halogenated alkanes) is 2. The molecule has 0 saturated heterocycles. The molecule has 118 valence electrons. The second kappa shape index (κ2) is 8.45. The van der Waals surface area contributed by atoms with Crippen LogP contribution in [0.2, 0.25) is 0 Å². The minimum Gasteiger partial charge on any atom is -0.497 e. The van der Waals surface area contributed by atoms with Crippen molar-refractivity contribution in [2.45, 2.75) is 64.7 Å². The van der Waals surface area contributed by atoms with Crippen LogP contribution in [0.4, 0.5) is 0 Å². The minimum atomic E-state index is -1.50. The van der Waals surface area contributed by atoms with E-state index in [-0.39, 0.29) is 5.41 Å². The van der Waals surface area contributed by atoms with Crippen molar-refractivity contribution >= 4 is 12.6 Å². The minimum absolute atomic E-state index is 0.0852. The molecule has 4 heteroatoms. The number of methoxy groups -OCH3 is 1. The lowest BCUT2D eigenvalue weighted by Gasteiger charge is -2.31. The molecular weight excluding hydrogens is 263 g/mol. The SMILES string of the molecule is CCCCC(C)(CCCC)c1ccc(OC)c(B(O)O)c1. The fourth-order valence-corrected chi connectivity index (χ4v) is 2.86. The highest BCUT2D eigenvalue weighted by molar-refractivity contribution is 6.59. The highest BCUT2D eigenvalue weighted by Crippen LogP contribution is 2.35. The second-order valence-electron chi connectivity index (χ2n) is 6.10. The van der Waals surface area contributed by atoms with Gasteiger partial charge in [0.15, 0.2) is 0 Å². The van der Waals surface area contributed by atoms with Crippen molar-refractivity contribution in [1.29, 1.82) is 0 Å². The summed E-state index contributed by atoms with van der Waals surface area (Å²) >= 11 is 0. The van der Waals surface area contributed by atoms with E-state index in [0.29, 0.717) is 11.2 Å². The van der Waals surface area contributed by atoms with E-state index in [4.69, 9.17) is 4.74 Å². The summed E-state index contributed by atoms with van der Waals surface area (Å²) in [6.07, 6.45) is 6.96. The summed E-state index contributed by atoms with van der Waals surface area (Å²) in [5, 5.41) is 19.1. The topological polar surface area (TPSA) is 49.7 Å². The van der Waals surface area contributed by atoms with E-state index in [0.717, 1.165) is 12.8 Å². The largest absolute Gasteiger partial charge is 0.497 e. The smallest absolute Gasteiger partial charge is 0.492 e. The van der Waals surface area contributed by atoms with Gasteiger partial charge in [0.25, 0.3) is 0 Å². The van der Waals surface area contributed by atoms with Crippen molar-refractivity contribution in [3.8, 4) is 5.75 Å². The molecule has 21 heavy (non-hydrogen) atoms. The third kappa shape index (κ3) is 4.75. The van der Waals surface area contributed by atoms with Gasteiger partial charge in [-0.1, -0.05) is 58.6 Å². The van der Waals surface area contributed by atoms with Gasteiger partial charge in [-0.3, -0.25) is 0 Å². The summed E-state index contributed by atoms with van der Waals surface area (Å²) in [4.78, 5) is 0. The maximum absolute atomic E-state index is 9.55. The Labute approximate surface area is 129 Å². The lowest BCUT2D eigenvalue weighted by atomic mass is 9.71. The summed E-state index contributed by atoms with van der Waals surface area (Å²) < 4.78 is 5.22. The lowest BCUT2D eigenvalue weighted by Crippen LogP contribution is -2.33. The van der Waals surface area contributed by atoms with Crippen LogP contribution >= 0.6 is 0 Å². The third-order valence-corrected chi connectivity index (χ3v) is 4.37. The highest BCUT2D eigenvalue weighted by atomic mass is 16.5. The van der Waals surface area contributed by atoms with Gasteiger partial charge in [0, 0.05) is 5.46 Å². The molecule has 0 spiro atoms. The molecule has 0 fully saturated rings.